The van der Waals surface area contributed by atoms with E-state index in [1.54, 1.807) is 12.1 Å². The van der Waals surface area contributed by atoms with Crippen molar-refractivity contribution in [2.75, 3.05) is 0 Å². The summed E-state index contributed by atoms with van der Waals surface area (Å²) in [6.07, 6.45) is 4.18. The van der Waals surface area contributed by atoms with Gasteiger partial charge >= 0.3 is 0 Å². The Kier molecular flexibility index (Phi) is 2.35. The Labute approximate surface area is 98.0 Å². The summed E-state index contributed by atoms with van der Waals surface area (Å²) in [5, 5.41) is 0. The minimum absolute atomic E-state index is 0.146. The summed E-state index contributed by atoms with van der Waals surface area (Å²) in [6, 6.07) is 6.91. The standard InChI is InChI=1S/C13H14BrF/c14-13(8-1-3-12(15)4-2-8)11-6-9-5-10(9)7-11/h1-4,9-11,13H,5-7H2. The number of rotatable bonds is 2. The summed E-state index contributed by atoms with van der Waals surface area (Å²) in [5.41, 5.74) is 1.22. The van der Waals surface area contributed by atoms with Crippen molar-refractivity contribution < 1.29 is 4.39 Å². The van der Waals surface area contributed by atoms with E-state index in [9.17, 15) is 4.39 Å². The molecule has 3 atom stereocenters. The number of benzene rings is 1. The molecule has 80 valence electrons. The van der Waals surface area contributed by atoms with E-state index in [0.717, 1.165) is 17.8 Å². The van der Waals surface area contributed by atoms with Crippen LogP contribution >= 0.6 is 15.9 Å². The molecule has 0 heterocycles. The fourth-order valence-electron chi connectivity index (χ4n) is 2.92. The van der Waals surface area contributed by atoms with E-state index in [-0.39, 0.29) is 5.82 Å². The largest absolute Gasteiger partial charge is 0.207 e. The molecule has 0 saturated heterocycles. The molecule has 1 aromatic carbocycles. The molecule has 0 aromatic heterocycles. The summed E-state index contributed by atoms with van der Waals surface area (Å²) in [5.74, 6) is 2.64. The van der Waals surface area contributed by atoms with Crippen molar-refractivity contribution in [3.05, 3.63) is 35.6 Å². The minimum Gasteiger partial charge on any atom is -0.207 e. The minimum atomic E-state index is -0.146. The number of hydrogen-bond donors (Lipinski definition) is 0. The van der Waals surface area contributed by atoms with E-state index in [1.807, 2.05) is 12.1 Å². The average Bonchev–Trinajstić information content (AvgIpc) is 2.86. The van der Waals surface area contributed by atoms with Gasteiger partial charge in [0.05, 0.1) is 0 Å². The van der Waals surface area contributed by atoms with Gasteiger partial charge in [0.1, 0.15) is 5.82 Å². The first-order valence-electron chi connectivity index (χ1n) is 5.63. The van der Waals surface area contributed by atoms with Crippen LogP contribution in [-0.4, -0.2) is 0 Å². The van der Waals surface area contributed by atoms with Crippen molar-refractivity contribution in [2.45, 2.75) is 24.1 Å². The Balaban J connectivity index is 1.73. The van der Waals surface area contributed by atoms with Crippen LogP contribution < -0.4 is 0 Å². The van der Waals surface area contributed by atoms with Gasteiger partial charge in [-0.25, -0.2) is 4.39 Å². The molecule has 2 fully saturated rings. The SMILES string of the molecule is Fc1ccc(C(Br)C2CC3CC3C2)cc1. The maximum atomic E-state index is 12.8. The molecule has 2 heteroatoms. The van der Waals surface area contributed by atoms with Gasteiger partial charge in [-0.2, -0.15) is 0 Å². The lowest BCUT2D eigenvalue weighted by Crippen LogP contribution is -2.05. The van der Waals surface area contributed by atoms with E-state index in [1.165, 1.54) is 24.8 Å². The van der Waals surface area contributed by atoms with Crippen LogP contribution in [-0.2, 0) is 0 Å². The Morgan fingerprint density at radius 3 is 2.27 bits per heavy atom. The lowest BCUT2D eigenvalue weighted by molar-refractivity contribution is 0.481. The zero-order valence-corrected chi connectivity index (χ0v) is 10.1. The molecule has 15 heavy (non-hydrogen) atoms. The van der Waals surface area contributed by atoms with Gasteiger partial charge in [0.15, 0.2) is 0 Å². The van der Waals surface area contributed by atoms with E-state index in [0.29, 0.717) is 4.83 Å². The molecule has 0 amide bonds. The van der Waals surface area contributed by atoms with Gasteiger partial charge in [-0.1, -0.05) is 28.1 Å². The van der Waals surface area contributed by atoms with Crippen LogP contribution in [0.3, 0.4) is 0 Å². The summed E-state index contributed by atoms with van der Waals surface area (Å²) in [4.78, 5) is 0.422. The van der Waals surface area contributed by atoms with Crippen LogP contribution in [0.4, 0.5) is 4.39 Å². The predicted molar refractivity (Wildman–Crippen MR) is 62.4 cm³/mol. The topological polar surface area (TPSA) is 0 Å². The molecule has 3 rings (SSSR count). The van der Waals surface area contributed by atoms with Gasteiger partial charge in [-0.15, -0.1) is 0 Å². The zero-order chi connectivity index (χ0) is 10.4. The molecule has 2 aliphatic carbocycles. The number of fused-ring (bicyclic) bond motifs is 1. The van der Waals surface area contributed by atoms with Gasteiger partial charge in [-0.05, 0) is 54.7 Å². The smallest absolute Gasteiger partial charge is 0.123 e. The van der Waals surface area contributed by atoms with Crippen molar-refractivity contribution in [2.24, 2.45) is 17.8 Å². The highest BCUT2D eigenvalue weighted by atomic mass is 79.9. The van der Waals surface area contributed by atoms with E-state index < -0.39 is 0 Å². The molecule has 1 aromatic rings. The molecule has 0 bridgehead atoms. The predicted octanol–water partition coefficient (Wildman–Crippen LogP) is 4.31. The fraction of sp³-hybridized carbons (Fsp3) is 0.538. The lowest BCUT2D eigenvalue weighted by Gasteiger charge is -2.19. The zero-order valence-electron chi connectivity index (χ0n) is 8.50. The lowest BCUT2D eigenvalue weighted by atomic mass is 9.95. The third-order valence-electron chi connectivity index (χ3n) is 3.88. The van der Waals surface area contributed by atoms with E-state index in [2.05, 4.69) is 15.9 Å². The van der Waals surface area contributed by atoms with Crippen molar-refractivity contribution in [3.63, 3.8) is 0 Å². The van der Waals surface area contributed by atoms with Gasteiger partial charge < -0.3 is 0 Å². The summed E-state index contributed by atoms with van der Waals surface area (Å²) < 4.78 is 12.8. The second-order valence-electron chi connectivity index (χ2n) is 4.94. The normalized spacial score (nSPS) is 34.9. The summed E-state index contributed by atoms with van der Waals surface area (Å²) in [6.45, 7) is 0. The number of alkyl halides is 1. The second-order valence-corrected chi connectivity index (χ2v) is 5.93. The molecule has 0 spiro atoms. The van der Waals surface area contributed by atoms with Crippen LogP contribution in [0.1, 0.15) is 29.7 Å². The Bertz CT molecular complexity index is 349. The van der Waals surface area contributed by atoms with Crippen LogP contribution in [0.5, 0.6) is 0 Å². The summed E-state index contributed by atoms with van der Waals surface area (Å²) >= 11 is 3.76. The van der Waals surface area contributed by atoms with E-state index >= 15 is 0 Å². The monoisotopic (exact) mass is 268 g/mol. The van der Waals surface area contributed by atoms with Crippen LogP contribution in [0.25, 0.3) is 0 Å². The first kappa shape index (κ1) is 9.83. The molecule has 0 aliphatic heterocycles. The van der Waals surface area contributed by atoms with Gasteiger partial charge in [0.2, 0.25) is 0 Å². The third kappa shape index (κ3) is 1.84. The Morgan fingerprint density at radius 2 is 1.67 bits per heavy atom. The molecular formula is C13H14BrF. The van der Waals surface area contributed by atoms with Crippen molar-refractivity contribution >= 4 is 15.9 Å². The quantitative estimate of drug-likeness (QED) is 0.702. The fourth-order valence-corrected chi connectivity index (χ4v) is 3.66. The molecule has 0 nitrogen and oxygen atoms in total. The summed E-state index contributed by atoms with van der Waals surface area (Å²) in [7, 11) is 0. The van der Waals surface area contributed by atoms with Crippen molar-refractivity contribution in [3.8, 4) is 0 Å². The molecule has 3 unspecified atom stereocenters. The van der Waals surface area contributed by atoms with Crippen LogP contribution in [0, 0.1) is 23.6 Å². The highest BCUT2D eigenvalue weighted by Crippen LogP contribution is 2.58. The average molecular weight is 269 g/mol. The Hall–Kier alpha value is -0.370. The highest BCUT2D eigenvalue weighted by Gasteiger charge is 2.47. The van der Waals surface area contributed by atoms with E-state index in [4.69, 9.17) is 0 Å². The number of hydrogen-bond acceptors (Lipinski definition) is 0. The maximum absolute atomic E-state index is 12.8. The molecule has 2 aliphatic rings. The van der Waals surface area contributed by atoms with Crippen LogP contribution in [0.15, 0.2) is 24.3 Å². The molecular weight excluding hydrogens is 255 g/mol. The van der Waals surface area contributed by atoms with Crippen molar-refractivity contribution in [1.82, 2.24) is 0 Å². The van der Waals surface area contributed by atoms with Gasteiger partial charge in [0, 0.05) is 4.83 Å². The first-order chi connectivity index (χ1) is 7.24. The van der Waals surface area contributed by atoms with Gasteiger partial charge in [0.25, 0.3) is 0 Å². The highest BCUT2D eigenvalue weighted by molar-refractivity contribution is 9.09. The molecule has 2 saturated carbocycles. The second kappa shape index (κ2) is 3.58. The number of halogens is 2. The van der Waals surface area contributed by atoms with Gasteiger partial charge in [-0.3, -0.25) is 0 Å². The van der Waals surface area contributed by atoms with Crippen LogP contribution in [0.2, 0.25) is 0 Å². The molecule has 0 radical (unpaired) electrons. The van der Waals surface area contributed by atoms with Crippen molar-refractivity contribution in [1.29, 1.82) is 0 Å². The maximum Gasteiger partial charge on any atom is 0.123 e. The first-order valence-corrected chi connectivity index (χ1v) is 6.55. The third-order valence-corrected chi connectivity index (χ3v) is 5.16. The Morgan fingerprint density at radius 1 is 1.07 bits per heavy atom. The molecule has 0 N–H and O–H groups in total.